The lowest BCUT2D eigenvalue weighted by Crippen LogP contribution is -2.37. The Morgan fingerprint density at radius 3 is 3.00 bits per heavy atom. The van der Waals surface area contributed by atoms with Crippen LogP contribution in [0.1, 0.15) is 28.8 Å². The van der Waals surface area contributed by atoms with Crippen LogP contribution in [0.5, 0.6) is 0 Å². The lowest BCUT2D eigenvalue weighted by atomic mass is 10.2. The minimum atomic E-state index is -0.258. The Balaban J connectivity index is 2.60. The zero-order valence-electron chi connectivity index (χ0n) is 8.56. The SMILES string of the molecule is CC[C@H](CO)NC(=O)c1csc(CN)n1. The third kappa shape index (κ3) is 3.26. The van der Waals surface area contributed by atoms with Gasteiger partial charge in [-0.1, -0.05) is 6.92 Å². The predicted octanol–water partition coefficient (Wildman–Crippen LogP) is 0.103. The maximum Gasteiger partial charge on any atom is 0.271 e. The molecule has 0 spiro atoms. The number of nitrogens with zero attached hydrogens (tertiary/aromatic N) is 1. The van der Waals surface area contributed by atoms with Crippen molar-refractivity contribution < 1.29 is 9.90 Å². The van der Waals surface area contributed by atoms with Gasteiger partial charge in [0.15, 0.2) is 0 Å². The molecule has 1 rings (SSSR count). The van der Waals surface area contributed by atoms with Gasteiger partial charge in [0.1, 0.15) is 10.7 Å². The zero-order chi connectivity index (χ0) is 11.3. The molecule has 1 aromatic rings. The van der Waals surface area contributed by atoms with Crippen molar-refractivity contribution in [3.8, 4) is 0 Å². The third-order valence-electron chi connectivity index (χ3n) is 2.01. The van der Waals surface area contributed by atoms with E-state index < -0.39 is 0 Å². The highest BCUT2D eigenvalue weighted by molar-refractivity contribution is 7.09. The van der Waals surface area contributed by atoms with Crippen molar-refractivity contribution in [2.45, 2.75) is 25.9 Å². The van der Waals surface area contributed by atoms with Crippen molar-refractivity contribution in [1.29, 1.82) is 0 Å². The van der Waals surface area contributed by atoms with Crippen molar-refractivity contribution in [3.05, 3.63) is 16.1 Å². The second-order valence-corrected chi connectivity index (χ2v) is 4.03. The number of aliphatic hydroxyl groups excluding tert-OH is 1. The van der Waals surface area contributed by atoms with Crippen LogP contribution >= 0.6 is 11.3 Å². The van der Waals surface area contributed by atoms with Crippen molar-refractivity contribution in [3.63, 3.8) is 0 Å². The lowest BCUT2D eigenvalue weighted by Gasteiger charge is -2.12. The van der Waals surface area contributed by atoms with Crippen LogP contribution in [0.3, 0.4) is 0 Å². The summed E-state index contributed by atoms with van der Waals surface area (Å²) in [4.78, 5) is 15.6. The van der Waals surface area contributed by atoms with Gasteiger partial charge in [-0.2, -0.15) is 0 Å². The van der Waals surface area contributed by atoms with E-state index in [0.29, 0.717) is 18.7 Å². The minimum absolute atomic E-state index is 0.0594. The molecule has 0 saturated heterocycles. The van der Waals surface area contributed by atoms with Gasteiger partial charge in [-0.05, 0) is 6.42 Å². The number of aliphatic hydroxyl groups is 1. The Bertz CT molecular complexity index is 323. The van der Waals surface area contributed by atoms with Gasteiger partial charge in [0, 0.05) is 11.9 Å². The number of hydrogen-bond acceptors (Lipinski definition) is 5. The average Bonchev–Trinajstić information content (AvgIpc) is 2.74. The molecule has 1 heterocycles. The number of amides is 1. The number of nitrogens with one attached hydrogen (secondary N) is 1. The van der Waals surface area contributed by atoms with Crippen molar-refractivity contribution in [1.82, 2.24) is 10.3 Å². The molecule has 6 heteroatoms. The van der Waals surface area contributed by atoms with E-state index >= 15 is 0 Å². The summed E-state index contributed by atoms with van der Waals surface area (Å²) >= 11 is 1.36. The standard InChI is InChI=1S/C9H15N3O2S/c1-2-6(4-13)11-9(14)7-5-15-8(3-10)12-7/h5-6,13H,2-4,10H2,1H3,(H,11,14)/t6-/m1/s1. The molecule has 1 atom stereocenters. The maximum atomic E-state index is 11.6. The quantitative estimate of drug-likeness (QED) is 0.668. The number of carbonyl (C=O) groups is 1. The van der Waals surface area contributed by atoms with Crippen LogP contribution in [0.25, 0.3) is 0 Å². The summed E-state index contributed by atoms with van der Waals surface area (Å²) in [6.07, 6.45) is 0.691. The summed E-state index contributed by atoms with van der Waals surface area (Å²) in [6.45, 7) is 2.18. The second-order valence-electron chi connectivity index (χ2n) is 3.09. The Labute approximate surface area is 92.3 Å². The topological polar surface area (TPSA) is 88.2 Å². The van der Waals surface area contributed by atoms with Crippen molar-refractivity contribution >= 4 is 17.2 Å². The molecular weight excluding hydrogens is 214 g/mol. The van der Waals surface area contributed by atoms with Gasteiger partial charge in [-0.25, -0.2) is 4.98 Å². The number of rotatable bonds is 5. The molecule has 0 saturated carbocycles. The molecule has 15 heavy (non-hydrogen) atoms. The Morgan fingerprint density at radius 1 is 1.80 bits per heavy atom. The summed E-state index contributed by atoms with van der Waals surface area (Å²) in [5, 5.41) is 14.0. The number of nitrogens with two attached hydrogens (primary N) is 1. The molecule has 0 aliphatic rings. The smallest absolute Gasteiger partial charge is 0.271 e. The fraction of sp³-hybridized carbons (Fsp3) is 0.556. The summed E-state index contributed by atoms with van der Waals surface area (Å²) in [7, 11) is 0. The molecule has 0 radical (unpaired) electrons. The van der Waals surface area contributed by atoms with E-state index in [1.165, 1.54) is 11.3 Å². The molecule has 1 aromatic heterocycles. The first-order valence-electron chi connectivity index (χ1n) is 4.77. The van der Waals surface area contributed by atoms with E-state index in [4.69, 9.17) is 10.8 Å². The van der Waals surface area contributed by atoms with Gasteiger partial charge < -0.3 is 16.2 Å². The summed E-state index contributed by atoms with van der Waals surface area (Å²) < 4.78 is 0. The number of aromatic nitrogens is 1. The fourth-order valence-electron chi connectivity index (χ4n) is 1.05. The highest BCUT2D eigenvalue weighted by Crippen LogP contribution is 2.08. The first-order valence-corrected chi connectivity index (χ1v) is 5.65. The molecule has 0 unspecified atom stereocenters. The van der Waals surface area contributed by atoms with Crippen molar-refractivity contribution in [2.75, 3.05) is 6.61 Å². The molecule has 0 aliphatic carbocycles. The van der Waals surface area contributed by atoms with E-state index in [0.717, 1.165) is 5.01 Å². The number of carbonyl (C=O) groups excluding carboxylic acids is 1. The van der Waals surface area contributed by atoms with E-state index in [1.807, 2.05) is 6.92 Å². The van der Waals surface area contributed by atoms with Gasteiger partial charge in [-0.15, -0.1) is 11.3 Å². The van der Waals surface area contributed by atoms with Crippen molar-refractivity contribution in [2.24, 2.45) is 5.73 Å². The van der Waals surface area contributed by atoms with Crippen LogP contribution in [0.4, 0.5) is 0 Å². The Kier molecular flexibility index (Phi) is 4.67. The van der Waals surface area contributed by atoms with E-state index in [1.54, 1.807) is 5.38 Å². The summed E-state index contributed by atoms with van der Waals surface area (Å²) in [5.41, 5.74) is 5.76. The van der Waals surface area contributed by atoms with Crippen LogP contribution in [-0.4, -0.2) is 28.6 Å². The highest BCUT2D eigenvalue weighted by atomic mass is 32.1. The van der Waals surface area contributed by atoms with Gasteiger partial charge in [0.25, 0.3) is 5.91 Å². The maximum absolute atomic E-state index is 11.6. The van der Waals surface area contributed by atoms with E-state index in [2.05, 4.69) is 10.3 Å². The molecule has 0 bridgehead atoms. The van der Waals surface area contributed by atoms with Crippen LogP contribution in [0.15, 0.2) is 5.38 Å². The van der Waals surface area contributed by atoms with E-state index in [-0.39, 0.29) is 18.6 Å². The van der Waals surface area contributed by atoms with E-state index in [9.17, 15) is 4.79 Å². The lowest BCUT2D eigenvalue weighted by molar-refractivity contribution is 0.0910. The first kappa shape index (κ1) is 12.1. The van der Waals surface area contributed by atoms with Gasteiger partial charge in [-0.3, -0.25) is 4.79 Å². The summed E-state index contributed by atoms with van der Waals surface area (Å²) in [6, 6.07) is -0.208. The molecule has 0 aliphatic heterocycles. The first-order chi connectivity index (χ1) is 7.21. The zero-order valence-corrected chi connectivity index (χ0v) is 9.38. The minimum Gasteiger partial charge on any atom is -0.394 e. The van der Waals surface area contributed by atoms with Gasteiger partial charge >= 0.3 is 0 Å². The van der Waals surface area contributed by atoms with Crippen LogP contribution in [-0.2, 0) is 6.54 Å². The number of hydrogen-bond donors (Lipinski definition) is 3. The predicted molar refractivity (Wildman–Crippen MR) is 58.6 cm³/mol. The number of thiazole rings is 1. The molecule has 84 valence electrons. The molecule has 4 N–H and O–H groups in total. The fourth-order valence-corrected chi connectivity index (χ4v) is 1.70. The van der Waals surface area contributed by atoms with Crippen LogP contribution in [0, 0.1) is 0 Å². The monoisotopic (exact) mass is 229 g/mol. The third-order valence-corrected chi connectivity index (χ3v) is 2.88. The Hall–Kier alpha value is -0.980. The van der Waals surface area contributed by atoms with Crippen LogP contribution < -0.4 is 11.1 Å². The second kappa shape index (κ2) is 5.79. The van der Waals surface area contributed by atoms with Gasteiger partial charge in [0.05, 0.1) is 12.6 Å². The largest absolute Gasteiger partial charge is 0.394 e. The molecule has 5 nitrogen and oxygen atoms in total. The van der Waals surface area contributed by atoms with Crippen LogP contribution in [0.2, 0.25) is 0 Å². The molecular formula is C9H15N3O2S. The Morgan fingerprint density at radius 2 is 2.53 bits per heavy atom. The normalized spacial score (nSPS) is 12.5. The average molecular weight is 229 g/mol. The highest BCUT2D eigenvalue weighted by Gasteiger charge is 2.13. The molecule has 1 amide bonds. The molecule has 0 aromatic carbocycles. The molecule has 0 fully saturated rings. The summed E-state index contributed by atoms with van der Waals surface area (Å²) in [5.74, 6) is -0.258. The van der Waals surface area contributed by atoms with Gasteiger partial charge in [0.2, 0.25) is 0 Å².